The summed E-state index contributed by atoms with van der Waals surface area (Å²) in [5.41, 5.74) is 2.67. The van der Waals surface area contributed by atoms with Crippen molar-refractivity contribution in [2.45, 2.75) is 10.9 Å². The number of hydrogen-bond donors (Lipinski definition) is 0. The van der Waals surface area contributed by atoms with Crippen molar-refractivity contribution in [3.8, 4) is 34.3 Å². The molecule has 0 aliphatic rings. The molecular formula is C24H22N4O5S. The minimum atomic E-state index is -0.410. The Bertz CT molecular complexity index is 1290. The molecule has 0 radical (unpaired) electrons. The van der Waals surface area contributed by atoms with Crippen LogP contribution in [0.5, 0.6) is 17.2 Å². The molecule has 10 heteroatoms. The molecule has 0 aliphatic carbocycles. The minimum Gasteiger partial charge on any atom is -0.497 e. The summed E-state index contributed by atoms with van der Waals surface area (Å²) in [6.07, 6.45) is 0. The number of aromatic nitrogens is 3. The van der Waals surface area contributed by atoms with E-state index in [1.165, 1.54) is 23.9 Å². The topological polar surface area (TPSA) is 102 Å². The smallest absolute Gasteiger partial charge is 0.269 e. The number of nitro groups is 1. The van der Waals surface area contributed by atoms with Crippen LogP contribution >= 0.6 is 11.8 Å². The number of rotatable bonds is 9. The number of non-ortho nitro benzene ring substituents is 1. The first kappa shape index (κ1) is 23.1. The van der Waals surface area contributed by atoms with Gasteiger partial charge in [0.25, 0.3) is 5.69 Å². The van der Waals surface area contributed by atoms with E-state index in [1.54, 1.807) is 33.5 Å². The summed E-state index contributed by atoms with van der Waals surface area (Å²) in [4.78, 5) is 10.5. The van der Waals surface area contributed by atoms with E-state index in [2.05, 4.69) is 10.2 Å². The van der Waals surface area contributed by atoms with Crippen LogP contribution in [0.3, 0.4) is 0 Å². The average Bonchev–Trinajstić information content (AvgIpc) is 3.31. The Morgan fingerprint density at radius 3 is 2.21 bits per heavy atom. The van der Waals surface area contributed by atoms with Gasteiger partial charge in [0.2, 0.25) is 0 Å². The average molecular weight is 479 g/mol. The van der Waals surface area contributed by atoms with Gasteiger partial charge in [0.05, 0.1) is 26.3 Å². The molecule has 34 heavy (non-hydrogen) atoms. The molecule has 0 bridgehead atoms. The van der Waals surface area contributed by atoms with E-state index >= 15 is 0 Å². The highest BCUT2D eigenvalue weighted by Crippen LogP contribution is 2.35. The third kappa shape index (κ3) is 4.81. The van der Waals surface area contributed by atoms with Gasteiger partial charge in [0.1, 0.15) is 5.75 Å². The number of ether oxygens (including phenoxy) is 3. The zero-order valence-electron chi connectivity index (χ0n) is 18.8. The number of benzene rings is 3. The van der Waals surface area contributed by atoms with Gasteiger partial charge in [-0.3, -0.25) is 14.7 Å². The highest BCUT2D eigenvalue weighted by Gasteiger charge is 2.18. The minimum absolute atomic E-state index is 0.0610. The number of methoxy groups -OCH3 is 3. The summed E-state index contributed by atoms with van der Waals surface area (Å²) in [7, 11) is 4.79. The Morgan fingerprint density at radius 2 is 1.59 bits per heavy atom. The quantitative estimate of drug-likeness (QED) is 0.185. The van der Waals surface area contributed by atoms with Crippen molar-refractivity contribution in [1.82, 2.24) is 14.8 Å². The van der Waals surface area contributed by atoms with E-state index in [4.69, 9.17) is 14.2 Å². The highest BCUT2D eigenvalue weighted by atomic mass is 32.2. The van der Waals surface area contributed by atoms with Gasteiger partial charge in [-0.25, -0.2) is 0 Å². The van der Waals surface area contributed by atoms with Crippen molar-refractivity contribution in [1.29, 1.82) is 0 Å². The number of nitrogens with zero attached hydrogens (tertiary/aromatic N) is 4. The molecule has 3 aromatic carbocycles. The molecule has 0 saturated heterocycles. The predicted octanol–water partition coefficient (Wildman–Crippen LogP) is 5.16. The predicted molar refractivity (Wildman–Crippen MR) is 129 cm³/mol. The van der Waals surface area contributed by atoms with Gasteiger partial charge in [-0.2, -0.15) is 0 Å². The standard InChI is InChI=1S/C24H22N4O5S/c1-31-20-11-9-18(10-12-20)27-23(17-6-13-21(32-2)22(14-17)33-3)25-26-24(27)34-15-16-4-7-19(8-5-16)28(29)30/h4-14H,15H2,1-3H3. The van der Waals surface area contributed by atoms with Gasteiger partial charge in [-0.1, -0.05) is 23.9 Å². The van der Waals surface area contributed by atoms with E-state index in [0.29, 0.717) is 28.2 Å². The molecule has 0 unspecified atom stereocenters. The van der Waals surface area contributed by atoms with Gasteiger partial charge in [0.15, 0.2) is 22.5 Å². The number of nitro benzene ring substituents is 1. The van der Waals surface area contributed by atoms with Crippen LogP contribution in [0.4, 0.5) is 5.69 Å². The molecule has 4 aromatic rings. The SMILES string of the molecule is COc1ccc(-n2c(SCc3ccc([N+](=O)[O-])cc3)nnc2-c2ccc(OC)c(OC)c2)cc1. The van der Waals surface area contributed by atoms with Crippen LogP contribution in [0.1, 0.15) is 5.56 Å². The number of thioether (sulfide) groups is 1. The molecule has 4 rings (SSSR count). The lowest BCUT2D eigenvalue weighted by molar-refractivity contribution is -0.384. The molecule has 9 nitrogen and oxygen atoms in total. The second kappa shape index (κ2) is 10.3. The maximum Gasteiger partial charge on any atom is 0.269 e. The molecule has 0 atom stereocenters. The highest BCUT2D eigenvalue weighted by molar-refractivity contribution is 7.98. The van der Waals surface area contributed by atoms with E-state index in [9.17, 15) is 10.1 Å². The third-order valence-corrected chi connectivity index (χ3v) is 6.12. The molecule has 0 saturated carbocycles. The molecule has 0 aliphatic heterocycles. The molecule has 0 fully saturated rings. The summed E-state index contributed by atoms with van der Waals surface area (Å²) in [6, 6.07) is 19.7. The fourth-order valence-electron chi connectivity index (χ4n) is 3.35. The van der Waals surface area contributed by atoms with E-state index in [-0.39, 0.29) is 5.69 Å². The maximum absolute atomic E-state index is 10.9. The zero-order chi connectivity index (χ0) is 24.1. The van der Waals surface area contributed by atoms with Gasteiger partial charge in [-0.15, -0.1) is 10.2 Å². The first-order chi connectivity index (χ1) is 16.5. The lowest BCUT2D eigenvalue weighted by Crippen LogP contribution is -2.00. The van der Waals surface area contributed by atoms with Crippen molar-refractivity contribution < 1.29 is 19.1 Å². The maximum atomic E-state index is 10.9. The Kier molecular flexibility index (Phi) is 6.98. The largest absolute Gasteiger partial charge is 0.497 e. The van der Waals surface area contributed by atoms with Crippen LogP contribution in [0.15, 0.2) is 71.9 Å². The van der Waals surface area contributed by atoms with Gasteiger partial charge in [-0.05, 0) is 48.0 Å². The van der Waals surface area contributed by atoms with Crippen LogP contribution in [0, 0.1) is 10.1 Å². The molecule has 1 heterocycles. The normalized spacial score (nSPS) is 10.7. The molecule has 0 spiro atoms. The third-order valence-electron chi connectivity index (χ3n) is 5.12. The molecule has 174 valence electrons. The van der Waals surface area contributed by atoms with E-state index in [1.807, 2.05) is 47.0 Å². The Morgan fingerprint density at radius 1 is 0.882 bits per heavy atom. The van der Waals surface area contributed by atoms with Crippen LogP contribution in [-0.4, -0.2) is 41.0 Å². The zero-order valence-corrected chi connectivity index (χ0v) is 19.6. The summed E-state index contributed by atoms with van der Waals surface area (Å²) >= 11 is 1.48. The lowest BCUT2D eigenvalue weighted by atomic mass is 10.2. The van der Waals surface area contributed by atoms with Crippen LogP contribution in [-0.2, 0) is 5.75 Å². The first-order valence-electron chi connectivity index (χ1n) is 10.2. The van der Waals surface area contributed by atoms with Crippen LogP contribution in [0.25, 0.3) is 17.1 Å². The van der Waals surface area contributed by atoms with Gasteiger partial charge < -0.3 is 14.2 Å². The second-order valence-electron chi connectivity index (χ2n) is 7.12. The van der Waals surface area contributed by atoms with Crippen molar-refractivity contribution in [3.05, 3.63) is 82.4 Å². The molecule has 0 N–H and O–H groups in total. The summed E-state index contributed by atoms with van der Waals surface area (Å²) in [6.45, 7) is 0. The van der Waals surface area contributed by atoms with E-state index in [0.717, 1.165) is 22.6 Å². The summed E-state index contributed by atoms with van der Waals surface area (Å²) in [5, 5.41) is 20.5. The summed E-state index contributed by atoms with van der Waals surface area (Å²) in [5.74, 6) is 3.15. The number of hydrogen-bond acceptors (Lipinski definition) is 8. The Balaban J connectivity index is 1.71. The Labute approximate surface area is 200 Å². The fraction of sp³-hybridized carbons (Fsp3) is 0.167. The molecule has 1 aromatic heterocycles. The van der Waals surface area contributed by atoms with Gasteiger partial charge in [0, 0.05) is 29.1 Å². The van der Waals surface area contributed by atoms with E-state index < -0.39 is 4.92 Å². The second-order valence-corrected chi connectivity index (χ2v) is 8.06. The summed E-state index contributed by atoms with van der Waals surface area (Å²) < 4.78 is 18.1. The van der Waals surface area contributed by atoms with Gasteiger partial charge >= 0.3 is 0 Å². The fourth-order valence-corrected chi connectivity index (χ4v) is 4.26. The van der Waals surface area contributed by atoms with Crippen LogP contribution < -0.4 is 14.2 Å². The lowest BCUT2D eigenvalue weighted by Gasteiger charge is -2.13. The van der Waals surface area contributed by atoms with Crippen molar-refractivity contribution in [3.63, 3.8) is 0 Å². The molecular weight excluding hydrogens is 456 g/mol. The Hall–Kier alpha value is -4.05. The van der Waals surface area contributed by atoms with Crippen molar-refractivity contribution in [2.75, 3.05) is 21.3 Å². The monoisotopic (exact) mass is 478 g/mol. The van der Waals surface area contributed by atoms with Crippen molar-refractivity contribution in [2.24, 2.45) is 0 Å². The van der Waals surface area contributed by atoms with Crippen molar-refractivity contribution >= 4 is 17.4 Å². The first-order valence-corrected chi connectivity index (χ1v) is 11.2. The van der Waals surface area contributed by atoms with Crippen LogP contribution in [0.2, 0.25) is 0 Å². The molecule has 0 amide bonds.